The third kappa shape index (κ3) is 51.7. The van der Waals surface area contributed by atoms with E-state index in [4.69, 9.17) is 41.8 Å². The van der Waals surface area contributed by atoms with Crippen molar-refractivity contribution in [2.24, 2.45) is 10.7 Å². The number of hydrogen-bond acceptors (Lipinski definition) is 17. The van der Waals surface area contributed by atoms with Crippen molar-refractivity contribution in [1.29, 1.82) is 0 Å². The summed E-state index contributed by atoms with van der Waals surface area (Å²) >= 11 is 0. The van der Waals surface area contributed by atoms with Crippen molar-refractivity contribution in [3.05, 3.63) is 61.8 Å². The van der Waals surface area contributed by atoms with Gasteiger partial charge in [-0.2, -0.15) is 0 Å². The van der Waals surface area contributed by atoms with Crippen LogP contribution in [0.15, 0.2) is 66.8 Å². The lowest BCUT2D eigenvalue weighted by molar-refractivity contribution is -0.139. The smallest absolute Gasteiger partial charge is 0.460 e. The summed E-state index contributed by atoms with van der Waals surface area (Å²) in [5, 5.41) is 10.4. The molecule has 23 heteroatoms. The zero-order valence-electron chi connectivity index (χ0n) is 40.4. The van der Waals surface area contributed by atoms with Crippen molar-refractivity contribution in [2.45, 2.75) is 74.8 Å². The number of nitrogens with one attached hydrogen (secondary N) is 4. The molecule has 6 N–H and O–H groups in total. The standard InChI is InChI=1S/C16H32N2O6Si.C10H16N2O3.C7H9NO3.C6H16O3Si.C3H7N/c1-6-22-25(23-7-2,24-8-3)13-9-10-17-16(20)18-11-12-21-15(19)14(4)5;1-4-5-11-10(14)12-6-7-15-9(13)8(2)3;1-6(2)7(10)11-4-3-8-5-9;1-4-7-10(8-5-2)9-6-3;1-2-3-4/h4,6-13H2,1-3,5H3,(H2,17,18,20);4H,1-2,5-7H2,3H3,(H2,11,12,14);1,3-4H2,2H3;10H,4-6H2,1-3H3;2H,1,3-4H2. The van der Waals surface area contributed by atoms with Gasteiger partial charge in [-0.3, -0.25) is 0 Å². The molecule has 0 unspecified atom stereocenters. The molecule has 0 heterocycles. The summed E-state index contributed by atoms with van der Waals surface area (Å²) in [5.74, 6) is -1.39. The minimum atomic E-state index is -2.66. The quantitative estimate of drug-likeness (QED) is 0.00966. The fourth-order valence-electron chi connectivity index (χ4n) is 3.57. The lowest BCUT2D eigenvalue weighted by Gasteiger charge is -2.28. The van der Waals surface area contributed by atoms with Gasteiger partial charge >= 0.3 is 48.3 Å². The van der Waals surface area contributed by atoms with Crippen LogP contribution in [0.25, 0.3) is 0 Å². The number of esters is 3. The van der Waals surface area contributed by atoms with E-state index in [0.717, 1.165) is 0 Å². The molecule has 0 aromatic heterocycles. The van der Waals surface area contributed by atoms with E-state index in [0.29, 0.717) is 88.5 Å². The Balaban J connectivity index is -0.000000256. The number of carbonyl (C=O) groups excluding carboxylic acids is 6. The monoisotopic (exact) mass is 965 g/mol. The average molecular weight is 965 g/mol. The Kier molecular flexibility index (Phi) is 55.2. The summed E-state index contributed by atoms with van der Waals surface area (Å²) in [6, 6.07) is 0.00287. The van der Waals surface area contributed by atoms with E-state index in [1.54, 1.807) is 32.9 Å². The molecule has 4 amide bonds. The van der Waals surface area contributed by atoms with Crippen molar-refractivity contribution in [3.8, 4) is 0 Å². The second-order valence-corrected chi connectivity index (χ2v) is 16.4. The summed E-state index contributed by atoms with van der Waals surface area (Å²) in [6.45, 7) is 39.4. The van der Waals surface area contributed by atoms with Gasteiger partial charge in [0.25, 0.3) is 0 Å². The minimum absolute atomic E-state index is 0.0981. The molecule has 0 bridgehead atoms. The maximum atomic E-state index is 11.7. The Labute approximate surface area is 390 Å². The zero-order chi connectivity index (χ0) is 50.7. The van der Waals surface area contributed by atoms with Crippen LogP contribution in [0.2, 0.25) is 6.04 Å². The molecule has 0 aromatic carbocycles. The highest BCUT2D eigenvalue weighted by Gasteiger charge is 2.39. The normalized spacial score (nSPS) is 9.71. The fraction of sp³-hybridized carbons (Fsp3) is 0.619. The fourth-order valence-corrected chi connectivity index (χ4v) is 7.28. The number of ether oxygens (including phenoxy) is 3. The minimum Gasteiger partial charge on any atom is -0.460 e. The van der Waals surface area contributed by atoms with Gasteiger partial charge in [-0.05, 0) is 68.7 Å². The van der Waals surface area contributed by atoms with Crippen molar-refractivity contribution in [1.82, 2.24) is 21.3 Å². The van der Waals surface area contributed by atoms with E-state index >= 15 is 0 Å². The SMILES string of the molecule is C=C(C)C(=O)OCCN=C=O.C=C(C)C(=O)OCCNC(=O)NCCC[Si](OCC)(OCC)OCC.C=CCN.C=CCNC(=O)NCCOC(=O)C(=C)C.CCO[SiH](OCC)OCC. The molecule has 0 spiro atoms. The molecule has 0 aliphatic heterocycles. The van der Waals surface area contributed by atoms with Crippen LogP contribution < -0.4 is 27.0 Å². The largest absolute Gasteiger partial charge is 0.500 e. The molecule has 0 rings (SSSR count). The first-order valence-electron chi connectivity index (χ1n) is 21.2. The predicted molar refractivity (Wildman–Crippen MR) is 255 cm³/mol. The summed E-state index contributed by atoms with van der Waals surface area (Å²) in [7, 11) is -4.39. The van der Waals surface area contributed by atoms with Gasteiger partial charge in [-0.1, -0.05) is 31.9 Å². The van der Waals surface area contributed by atoms with Crippen LogP contribution in [0.3, 0.4) is 0 Å². The summed E-state index contributed by atoms with van der Waals surface area (Å²) in [4.78, 5) is 68.0. The third-order valence-electron chi connectivity index (χ3n) is 6.31. The summed E-state index contributed by atoms with van der Waals surface area (Å²) in [6.07, 6.45) is 5.24. The highest BCUT2D eigenvalue weighted by molar-refractivity contribution is 6.60. The molecule has 0 fully saturated rings. The van der Waals surface area contributed by atoms with Crippen LogP contribution in [-0.2, 0) is 59.9 Å². The lowest BCUT2D eigenvalue weighted by Crippen LogP contribution is -2.46. The van der Waals surface area contributed by atoms with Gasteiger partial charge in [0, 0.05) is 82.0 Å². The van der Waals surface area contributed by atoms with E-state index in [2.05, 4.69) is 63.9 Å². The molecule has 0 saturated carbocycles. The van der Waals surface area contributed by atoms with E-state index in [9.17, 15) is 28.8 Å². The summed E-state index contributed by atoms with van der Waals surface area (Å²) < 4.78 is 47.1. The van der Waals surface area contributed by atoms with Gasteiger partial charge < -0.3 is 67.8 Å². The molecule has 0 aromatic rings. The second-order valence-electron chi connectivity index (χ2n) is 12.1. The maximum Gasteiger partial charge on any atom is 0.500 e. The van der Waals surface area contributed by atoms with Crippen molar-refractivity contribution >= 4 is 54.4 Å². The van der Waals surface area contributed by atoms with Gasteiger partial charge in [0.2, 0.25) is 6.08 Å². The van der Waals surface area contributed by atoms with Crippen molar-refractivity contribution in [2.75, 3.05) is 98.7 Å². The highest BCUT2D eigenvalue weighted by Crippen LogP contribution is 2.17. The molecule has 21 nitrogen and oxygen atoms in total. The second kappa shape index (κ2) is 51.8. The number of aliphatic imine (C=N–C) groups is 1. The number of carbonyl (C=O) groups is 5. The lowest BCUT2D eigenvalue weighted by atomic mass is 10.4. The molecule has 0 radical (unpaired) electrons. The number of isocyanates is 1. The highest BCUT2D eigenvalue weighted by atomic mass is 28.4. The van der Waals surface area contributed by atoms with Crippen LogP contribution >= 0.6 is 0 Å². The molecule has 0 saturated heterocycles. The average Bonchev–Trinajstić information content (AvgIpc) is 3.27. The molecule has 0 atom stereocenters. The summed E-state index contributed by atoms with van der Waals surface area (Å²) in [5.41, 5.74) is 5.91. The van der Waals surface area contributed by atoms with Gasteiger partial charge in [0.15, 0.2) is 0 Å². The van der Waals surface area contributed by atoms with Crippen molar-refractivity contribution < 1.29 is 69.5 Å². The Morgan fingerprint density at radius 1 is 0.615 bits per heavy atom. The Hall–Kier alpha value is -4.82. The van der Waals surface area contributed by atoms with Crippen LogP contribution in [0.5, 0.6) is 0 Å². The number of urea groups is 2. The topological polar surface area (TPSA) is 272 Å². The van der Waals surface area contributed by atoms with Gasteiger partial charge in [0.05, 0.1) is 19.6 Å². The van der Waals surface area contributed by atoms with Gasteiger partial charge in [-0.25, -0.2) is 33.8 Å². The van der Waals surface area contributed by atoms with Gasteiger partial charge in [0.1, 0.15) is 19.8 Å². The number of amides is 4. The first-order chi connectivity index (χ1) is 30.9. The molecule has 65 heavy (non-hydrogen) atoms. The first-order valence-corrected chi connectivity index (χ1v) is 24.5. The Morgan fingerprint density at radius 3 is 1.31 bits per heavy atom. The predicted octanol–water partition coefficient (Wildman–Crippen LogP) is 3.82. The molecule has 376 valence electrons. The number of nitrogens with zero attached hydrogens (tertiary/aromatic N) is 1. The Morgan fingerprint density at radius 2 is 0.985 bits per heavy atom. The number of rotatable bonds is 31. The third-order valence-corrected chi connectivity index (χ3v) is 11.3. The number of nitrogens with two attached hydrogens (primary N) is 1. The zero-order valence-corrected chi connectivity index (χ0v) is 42.6. The van der Waals surface area contributed by atoms with E-state index in [1.807, 2.05) is 41.5 Å². The maximum absolute atomic E-state index is 11.7. The molecular formula is C42H80N6O15Si2. The van der Waals surface area contributed by atoms with E-state index in [1.165, 1.54) is 6.08 Å². The van der Waals surface area contributed by atoms with Gasteiger partial charge in [-0.15, -0.1) is 13.2 Å². The van der Waals surface area contributed by atoms with Crippen LogP contribution in [0, 0.1) is 0 Å². The van der Waals surface area contributed by atoms with Crippen LogP contribution in [0.4, 0.5) is 9.59 Å². The van der Waals surface area contributed by atoms with Crippen LogP contribution in [0.1, 0.15) is 68.7 Å². The first kappa shape index (κ1) is 69.2. The Bertz CT molecular complexity index is 1350. The molecule has 0 aliphatic rings. The van der Waals surface area contributed by atoms with E-state index in [-0.39, 0.29) is 51.5 Å². The van der Waals surface area contributed by atoms with E-state index < -0.39 is 36.2 Å². The van der Waals surface area contributed by atoms with Crippen LogP contribution in [-0.4, -0.2) is 153 Å². The molecule has 0 aliphatic carbocycles. The molecular weight excluding hydrogens is 885 g/mol. The van der Waals surface area contributed by atoms with Crippen molar-refractivity contribution in [3.63, 3.8) is 0 Å². The number of hydrogen-bond donors (Lipinski definition) is 5.